The van der Waals surface area contributed by atoms with Gasteiger partial charge in [-0.05, 0) is 30.2 Å². The lowest BCUT2D eigenvalue weighted by Crippen LogP contribution is -2.32. The third kappa shape index (κ3) is 4.69. The summed E-state index contributed by atoms with van der Waals surface area (Å²) in [6, 6.07) is 6.77. The van der Waals surface area contributed by atoms with Gasteiger partial charge < -0.3 is 10.2 Å². The maximum absolute atomic E-state index is 3.71. The quantitative estimate of drug-likeness (QED) is 0.877. The van der Waals surface area contributed by atoms with Crippen LogP contribution < -0.4 is 10.2 Å². The molecule has 0 unspecified atom stereocenters. The third-order valence-corrected chi connectivity index (χ3v) is 4.96. The second-order valence-corrected chi connectivity index (χ2v) is 7.48. The molecule has 1 aromatic carbocycles. The molecule has 2 rings (SSSR count). The molecule has 0 atom stereocenters. The molecule has 1 heterocycles. The Kier molecular flexibility index (Phi) is 6.05. The first-order chi connectivity index (χ1) is 9.16. The summed E-state index contributed by atoms with van der Waals surface area (Å²) < 4.78 is 1.22. The molecule has 0 radical (unpaired) electrons. The van der Waals surface area contributed by atoms with E-state index in [1.165, 1.54) is 40.3 Å². The Morgan fingerprint density at radius 1 is 1.32 bits per heavy atom. The number of anilines is 1. The largest absolute Gasteiger partial charge is 0.370 e. The molecule has 19 heavy (non-hydrogen) atoms. The second-order valence-electron chi connectivity index (χ2n) is 5.40. The lowest BCUT2D eigenvalue weighted by Gasteiger charge is -2.29. The van der Waals surface area contributed by atoms with Gasteiger partial charge in [0.05, 0.1) is 0 Å². The average molecular weight is 343 g/mol. The van der Waals surface area contributed by atoms with Crippen molar-refractivity contribution in [3.05, 3.63) is 28.2 Å². The number of benzene rings is 1. The summed E-state index contributed by atoms with van der Waals surface area (Å²) in [5.41, 5.74) is 2.69. The van der Waals surface area contributed by atoms with Gasteiger partial charge in [0.1, 0.15) is 0 Å². The van der Waals surface area contributed by atoms with E-state index in [0.29, 0.717) is 5.92 Å². The molecular formula is C15H23BrN2S. The number of hydrogen-bond acceptors (Lipinski definition) is 3. The fourth-order valence-electron chi connectivity index (χ4n) is 2.19. The molecule has 2 nitrogen and oxygen atoms in total. The molecule has 4 heteroatoms. The van der Waals surface area contributed by atoms with Gasteiger partial charge in [0.25, 0.3) is 0 Å². The van der Waals surface area contributed by atoms with Crippen molar-refractivity contribution in [2.24, 2.45) is 5.92 Å². The summed E-state index contributed by atoms with van der Waals surface area (Å²) in [5, 5.41) is 3.49. The Hall–Kier alpha value is -0.190. The van der Waals surface area contributed by atoms with Crippen molar-refractivity contribution >= 4 is 33.4 Å². The first-order valence-electron chi connectivity index (χ1n) is 6.98. The van der Waals surface area contributed by atoms with E-state index in [0.717, 1.165) is 13.1 Å². The van der Waals surface area contributed by atoms with Crippen LogP contribution in [-0.4, -0.2) is 31.1 Å². The molecule has 0 bridgehead atoms. The molecule has 0 saturated carbocycles. The zero-order chi connectivity index (χ0) is 13.7. The zero-order valence-electron chi connectivity index (χ0n) is 11.8. The Morgan fingerprint density at radius 2 is 2.05 bits per heavy atom. The van der Waals surface area contributed by atoms with Crippen molar-refractivity contribution in [3.8, 4) is 0 Å². The normalized spacial score (nSPS) is 16.1. The zero-order valence-corrected chi connectivity index (χ0v) is 14.2. The molecule has 1 aliphatic rings. The van der Waals surface area contributed by atoms with E-state index in [9.17, 15) is 0 Å². The van der Waals surface area contributed by atoms with Crippen LogP contribution in [0.3, 0.4) is 0 Å². The molecule has 0 amide bonds. The number of nitrogens with one attached hydrogen (secondary N) is 1. The van der Waals surface area contributed by atoms with Crippen LogP contribution in [0.1, 0.15) is 19.4 Å². The van der Waals surface area contributed by atoms with Crippen molar-refractivity contribution in [2.75, 3.05) is 36.0 Å². The van der Waals surface area contributed by atoms with E-state index in [1.54, 1.807) is 0 Å². The first kappa shape index (κ1) is 15.2. The smallest absolute Gasteiger partial charge is 0.0378 e. The van der Waals surface area contributed by atoms with E-state index >= 15 is 0 Å². The first-order valence-corrected chi connectivity index (χ1v) is 8.93. The van der Waals surface area contributed by atoms with Gasteiger partial charge in [-0.3, -0.25) is 0 Å². The predicted molar refractivity (Wildman–Crippen MR) is 90.2 cm³/mol. The lowest BCUT2D eigenvalue weighted by atomic mass is 10.1. The highest BCUT2D eigenvalue weighted by molar-refractivity contribution is 9.10. The molecule has 1 aromatic rings. The highest BCUT2D eigenvalue weighted by Crippen LogP contribution is 2.26. The third-order valence-electron chi connectivity index (χ3n) is 3.28. The number of hydrogen-bond donors (Lipinski definition) is 1. The lowest BCUT2D eigenvalue weighted by molar-refractivity contribution is 0.552. The predicted octanol–water partition coefficient (Wildman–Crippen LogP) is 3.75. The van der Waals surface area contributed by atoms with Gasteiger partial charge in [-0.25, -0.2) is 0 Å². The minimum absolute atomic E-state index is 0.698. The topological polar surface area (TPSA) is 15.3 Å². The van der Waals surface area contributed by atoms with Crippen molar-refractivity contribution in [1.82, 2.24) is 5.32 Å². The van der Waals surface area contributed by atoms with Gasteiger partial charge in [0, 0.05) is 41.3 Å². The van der Waals surface area contributed by atoms with Crippen LogP contribution in [0.2, 0.25) is 0 Å². The van der Waals surface area contributed by atoms with Gasteiger partial charge in [-0.1, -0.05) is 35.8 Å². The molecule has 1 fully saturated rings. The van der Waals surface area contributed by atoms with Crippen LogP contribution in [-0.2, 0) is 6.54 Å². The highest BCUT2D eigenvalue weighted by Gasteiger charge is 2.12. The molecule has 0 spiro atoms. The fourth-order valence-corrected chi connectivity index (χ4v) is 3.60. The van der Waals surface area contributed by atoms with E-state index < -0.39 is 0 Å². The SMILES string of the molecule is CC(C)CNCc1ccc(N2CCSCC2)cc1Br. The van der Waals surface area contributed by atoms with Crippen molar-refractivity contribution in [1.29, 1.82) is 0 Å². The van der Waals surface area contributed by atoms with Crippen LogP contribution in [0.4, 0.5) is 5.69 Å². The van der Waals surface area contributed by atoms with Gasteiger partial charge >= 0.3 is 0 Å². The van der Waals surface area contributed by atoms with Crippen LogP contribution in [0.15, 0.2) is 22.7 Å². The van der Waals surface area contributed by atoms with Crippen LogP contribution in [0.25, 0.3) is 0 Å². The molecule has 0 aliphatic carbocycles. The van der Waals surface area contributed by atoms with Gasteiger partial charge in [-0.15, -0.1) is 0 Å². The van der Waals surface area contributed by atoms with Crippen molar-refractivity contribution in [2.45, 2.75) is 20.4 Å². The number of nitrogens with zero attached hydrogens (tertiary/aromatic N) is 1. The van der Waals surface area contributed by atoms with E-state index in [4.69, 9.17) is 0 Å². The highest BCUT2D eigenvalue weighted by atomic mass is 79.9. The minimum atomic E-state index is 0.698. The Bertz CT molecular complexity index is 403. The summed E-state index contributed by atoms with van der Waals surface area (Å²) in [4.78, 5) is 2.48. The van der Waals surface area contributed by atoms with E-state index in [-0.39, 0.29) is 0 Å². The molecular weight excluding hydrogens is 320 g/mol. The van der Waals surface area contributed by atoms with Crippen LogP contribution in [0, 0.1) is 5.92 Å². The van der Waals surface area contributed by atoms with E-state index in [1.807, 2.05) is 0 Å². The number of halogens is 1. The summed E-state index contributed by atoms with van der Waals surface area (Å²) in [5.74, 6) is 3.19. The fraction of sp³-hybridized carbons (Fsp3) is 0.600. The van der Waals surface area contributed by atoms with Crippen molar-refractivity contribution in [3.63, 3.8) is 0 Å². The van der Waals surface area contributed by atoms with Gasteiger partial charge in [0.15, 0.2) is 0 Å². The maximum atomic E-state index is 3.71. The van der Waals surface area contributed by atoms with Crippen LogP contribution >= 0.6 is 27.7 Å². The molecule has 1 N–H and O–H groups in total. The van der Waals surface area contributed by atoms with Crippen molar-refractivity contribution < 1.29 is 0 Å². The average Bonchev–Trinajstić information content (AvgIpc) is 2.41. The Balaban J connectivity index is 1.96. The second kappa shape index (κ2) is 7.55. The summed E-state index contributed by atoms with van der Waals surface area (Å²) in [7, 11) is 0. The molecule has 106 valence electrons. The minimum Gasteiger partial charge on any atom is -0.370 e. The molecule has 0 aromatic heterocycles. The maximum Gasteiger partial charge on any atom is 0.0378 e. The molecule has 1 aliphatic heterocycles. The Labute approximate surface area is 129 Å². The summed E-state index contributed by atoms with van der Waals surface area (Å²) in [6.07, 6.45) is 0. The summed E-state index contributed by atoms with van der Waals surface area (Å²) in [6.45, 7) is 8.82. The number of rotatable bonds is 5. The van der Waals surface area contributed by atoms with Gasteiger partial charge in [-0.2, -0.15) is 11.8 Å². The van der Waals surface area contributed by atoms with Gasteiger partial charge in [0.2, 0.25) is 0 Å². The van der Waals surface area contributed by atoms with Crippen LogP contribution in [0.5, 0.6) is 0 Å². The monoisotopic (exact) mass is 342 g/mol. The standard InChI is InChI=1S/C15H23BrN2S/c1-12(2)10-17-11-13-3-4-14(9-15(13)16)18-5-7-19-8-6-18/h3-4,9,12,17H,5-8,10-11H2,1-2H3. The Morgan fingerprint density at radius 3 is 2.68 bits per heavy atom. The number of thioether (sulfide) groups is 1. The molecule has 1 saturated heterocycles. The summed E-state index contributed by atoms with van der Waals surface area (Å²) >= 11 is 5.76. The van der Waals surface area contributed by atoms with E-state index in [2.05, 4.69) is 70.0 Å².